The molecular formula is C18H22N2O4. The van der Waals surface area contributed by atoms with E-state index in [0.29, 0.717) is 24.1 Å². The molecule has 1 aromatic rings. The van der Waals surface area contributed by atoms with Gasteiger partial charge in [-0.1, -0.05) is 24.8 Å². The van der Waals surface area contributed by atoms with Gasteiger partial charge in [0.25, 0.3) is 5.91 Å². The normalized spacial score (nSPS) is 22.9. The summed E-state index contributed by atoms with van der Waals surface area (Å²) in [6.45, 7) is 9.40. The lowest BCUT2D eigenvalue weighted by Gasteiger charge is -2.37. The summed E-state index contributed by atoms with van der Waals surface area (Å²) in [5.41, 5.74) is 1.43. The smallest absolute Gasteiger partial charge is 0.407 e. The molecule has 1 aromatic carbocycles. The van der Waals surface area contributed by atoms with Crippen molar-refractivity contribution in [1.29, 1.82) is 0 Å². The Morgan fingerprint density at radius 2 is 1.88 bits per heavy atom. The molecule has 0 saturated heterocycles. The molecule has 0 unspecified atom stereocenters. The number of nitrogens with one attached hydrogen (secondary N) is 1. The van der Waals surface area contributed by atoms with Crippen LogP contribution in [0.3, 0.4) is 0 Å². The predicted octanol–water partition coefficient (Wildman–Crippen LogP) is 3.10. The average Bonchev–Trinajstić information content (AvgIpc) is 2.68. The minimum Gasteiger partial charge on any atom is -0.444 e. The molecule has 1 N–H and O–H groups in total. The Labute approximate surface area is 141 Å². The topological polar surface area (TPSA) is 67.9 Å². The molecule has 128 valence electrons. The van der Waals surface area contributed by atoms with Crippen LogP contribution in [0, 0.1) is 0 Å². The number of hydroxylamine groups is 2. The minimum atomic E-state index is -0.519. The van der Waals surface area contributed by atoms with Gasteiger partial charge >= 0.3 is 6.09 Å². The van der Waals surface area contributed by atoms with E-state index in [1.165, 1.54) is 5.06 Å². The van der Waals surface area contributed by atoms with Crippen LogP contribution in [0.15, 0.2) is 30.8 Å². The van der Waals surface area contributed by atoms with E-state index in [9.17, 15) is 9.59 Å². The first-order valence-corrected chi connectivity index (χ1v) is 8.03. The number of nitrogens with zero attached hydrogens (tertiary/aromatic N) is 1. The van der Waals surface area contributed by atoms with E-state index in [1.54, 1.807) is 6.07 Å². The summed E-state index contributed by atoms with van der Waals surface area (Å²) in [5.74, 6) is -0.195. The van der Waals surface area contributed by atoms with Crippen molar-refractivity contribution in [2.45, 2.75) is 51.4 Å². The lowest BCUT2D eigenvalue weighted by Crippen LogP contribution is -2.50. The fraction of sp³-hybridized carbons (Fsp3) is 0.444. The Morgan fingerprint density at radius 1 is 1.25 bits per heavy atom. The second-order valence-corrected chi connectivity index (χ2v) is 7.13. The van der Waals surface area contributed by atoms with Crippen molar-refractivity contribution >= 4 is 17.7 Å². The van der Waals surface area contributed by atoms with Gasteiger partial charge in [0.1, 0.15) is 5.60 Å². The molecule has 6 nitrogen and oxygen atoms in total. The number of benzene rings is 1. The monoisotopic (exact) mass is 330 g/mol. The highest BCUT2D eigenvalue weighted by atomic mass is 16.7. The molecule has 0 radical (unpaired) electrons. The summed E-state index contributed by atoms with van der Waals surface area (Å²) in [6.07, 6.45) is 0.708. The Balaban J connectivity index is 1.50. The third-order valence-corrected chi connectivity index (χ3v) is 3.97. The summed E-state index contributed by atoms with van der Waals surface area (Å²) >= 11 is 0. The first-order valence-electron chi connectivity index (χ1n) is 8.03. The van der Waals surface area contributed by atoms with E-state index in [-0.39, 0.29) is 18.1 Å². The van der Waals surface area contributed by atoms with Crippen molar-refractivity contribution in [3.8, 4) is 0 Å². The molecule has 6 heteroatoms. The van der Waals surface area contributed by atoms with Gasteiger partial charge in [0.05, 0.1) is 17.4 Å². The Hall–Kier alpha value is -2.34. The van der Waals surface area contributed by atoms with E-state index < -0.39 is 11.7 Å². The molecule has 3 rings (SSSR count). The number of hydrogen-bond acceptors (Lipinski definition) is 4. The third kappa shape index (κ3) is 3.28. The number of carbonyl (C=O) groups is 2. The van der Waals surface area contributed by atoms with Crippen LogP contribution >= 0.6 is 0 Å². The van der Waals surface area contributed by atoms with Crippen molar-refractivity contribution in [3.05, 3.63) is 42.0 Å². The number of ether oxygens (including phenoxy) is 1. The van der Waals surface area contributed by atoms with Crippen molar-refractivity contribution in [1.82, 2.24) is 10.4 Å². The number of amides is 2. The Bertz CT molecular complexity index is 652. The molecule has 1 aliphatic heterocycles. The predicted molar refractivity (Wildman–Crippen MR) is 88.9 cm³/mol. The molecule has 2 aliphatic rings. The minimum absolute atomic E-state index is 0.00167. The zero-order chi connectivity index (χ0) is 17.5. The van der Waals surface area contributed by atoms with Crippen LogP contribution in [-0.4, -0.2) is 34.8 Å². The van der Waals surface area contributed by atoms with Crippen molar-refractivity contribution in [3.63, 3.8) is 0 Å². The van der Waals surface area contributed by atoms with Crippen LogP contribution in [-0.2, 0) is 9.57 Å². The van der Waals surface area contributed by atoms with Gasteiger partial charge in [-0.2, -0.15) is 5.06 Å². The van der Waals surface area contributed by atoms with Crippen LogP contribution < -0.4 is 5.32 Å². The molecule has 24 heavy (non-hydrogen) atoms. The van der Waals surface area contributed by atoms with Crippen molar-refractivity contribution < 1.29 is 19.2 Å². The van der Waals surface area contributed by atoms with Gasteiger partial charge in [-0.25, -0.2) is 4.79 Å². The molecule has 0 atom stereocenters. The zero-order valence-electron chi connectivity index (χ0n) is 14.2. The van der Waals surface area contributed by atoms with Crippen LogP contribution in [0.4, 0.5) is 4.79 Å². The van der Waals surface area contributed by atoms with E-state index in [0.717, 1.165) is 5.56 Å². The fourth-order valence-corrected chi connectivity index (χ4v) is 2.77. The molecule has 1 saturated carbocycles. The van der Waals surface area contributed by atoms with Crippen molar-refractivity contribution in [2.24, 2.45) is 0 Å². The van der Waals surface area contributed by atoms with Gasteiger partial charge in [-0.3, -0.25) is 9.63 Å². The highest BCUT2D eigenvalue weighted by Gasteiger charge is 2.39. The Morgan fingerprint density at radius 3 is 2.46 bits per heavy atom. The lowest BCUT2D eigenvalue weighted by atomic mass is 9.89. The van der Waals surface area contributed by atoms with E-state index in [1.807, 2.05) is 39.0 Å². The molecule has 0 bridgehead atoms. The standard InChI is InChI=1S/C18H22N2O4/c1-11-14-7-5-6-8-15(14)16(21)20(11)24-13-9-12(10-13)19-17(22)23-18(2,3)4/h5-8,12-13H,1,9-10H2,2-4H3,(H,19,22). The third-order valence-electron chi connectivity index (χ3n) is 3.97. The number of carbonyl (C=O) groups excluding carboxylic acids is 2. The zero-order valence-corrected chi connectivity index (χ0v) is 14.2. The van der Waals surface area contributed by atoms with Crippen molar-refractivity contribution in [2.75, 3.05) is 0 Å². The second-order valence-electron chi connectivity index (χ2n) is 7.13. The first kappa shape index (κ1) is 16.5. The quantitative estimate of drug-likeness (QED) is 0.925. The first-order chi connectivity index (χ1) is 11.2. The lowest BCUT2D eigenvalue weighted by molar-refractivity contribution is -0.154. The van der Waals surface area contributed by atoms with E-state index in [2.05, 4.69) is 11.9 Å². The summed E-state index contributed by atoms with van der Waals surface area (Å²) in [6, 6.07) is 7.30. The van der Waals surface area contributed by atoms with Crippen LogP contribution in [0.5, 0.6) is 0 Å². The largest absolute Gasteiger partial charge is 0.444 e. The van der Waals surface area contributed by atoms with Crippen LogP contribution in [0.25, 0.3) is 5.70 Å². The van der Waals surface area contributed by atoms with Gasteiger partial charge in [0.15, 0.2) is 0 Å². The van der Waals surface area contributed by atoms with Gasteiger partial charge in [0.2, 0.25) is 0 Å². The fourth-order valence-electron chi connectivity index (χ4n) is 2.77. The number of hydrogen-bond donors (Lipinski definition) is 1. The molecule has 1 heterocycles. The summed E-state index contributed by atoms with van der Waals surface area (Å²) in [7, 11) is 0. The molecular weight excluding hydrogens is 308 g/mol. The summed E-state index contributed by atoms with van der Waals surface area (Å²) < 4.78 is 5.22. The SMILES string of the molecule is C=C1c2ccccc2C(=O)N1OC1CC(NC(=O)OC(C)(C)C)C1. The molecule has 1 fully saturated rings. The second kappa shape index (κ2) is 5.94. The highest BCUT2D eigenvalue weighted by molar-refractivity contribution is 6.07. The number of fused-ring (bicyclic) bond motifs is 1. The maximum absolute atomic E-state index is 12.3. The van der Waals surface area contributed by atoms with E-state index in [4.69, 9.17) is 9.57 Å². The summed E-state index contributed by atoms with van der Waals surface area (Å²) in [4.78, 5) is 29.8. The number of alkyl carbamates (subject to hydrolysis) is 1. The van der Waals surface area contributed by atoms with Crippen LogP contribution in [0.1, 0.15) is 49.5 Å². The molecule has 0 aromatic heterocycles. The van der Waals surface area contributed by atoms with Gasteiger partial charge in [0, 0.05) is 11.6 Å². The highest BCUT2D eigenvalue weighted by Crippen LogP contribution is 2.34. The summed E-state index contributed by atoms with van der Waals surface area (Å²) in [5, 5.41) is 4.06. The average molecular weight is 330 g/mol. The van der Waals surface area contributed by atoms with Gasteiger partial charge in [-0.15, -0.1) is 0 Å². The maximum Gasteiger partial charge on any atom is 0.407 e. The molecule has 2 amide bonds. The number of rotatable bonds is 3. The van der Waals surface area contributed by atoms with Gasteiger partial charge < -0.3 is 10.1 Å². The molecule has 0 spiro atoms. The van der Waals surface area contributed by atoms with E-state index >= 15 is 0 Å². The van der Waals surface area contributed by atoms with Gasteiger partial charge in [-0.05, 0) is 39.7 Å². The Kier molecular flexibility index (Phi) is 4.09. The molecule has 1 aliphatic carbocycles. The van der Waals surface area contributed by atoms with Crippen LogP contribution in [0.2, 0.25) is 0 Å². The maximum atomic E-state index is 12.3.